The van der Waals surface area contributed by atoms with Crippen LogP contribution in [-0.4, -0.2) is 9.97 Å². The molecule has 10 aromatic rings. The van der Waals surface area contributed by atoms with Gasteiger partial charge in [0, 0.05) is 11.6 Å². The molecule has 0 aliphatic heterocycles. The molecule has 266 valence electrons. The van der Waals surface area contributed by atoms with Gasteiger partial charge in [-0.1, -0.05) is 176 Å². The van der Waals surface area contributed by atoms with Gasteiger partial charge in [-0.25, -0.2) is 4.98 Å². The predicted octanol–water partition coefficient (Wildman–Crippen LogP) is 13.8. The monoisotopic (exact) mass is 724 g/mol. The minimum atomic E-state index is -0.427. The molecule has 0 radical (unpaired) electrons. The van der Waals surface area contributed by atoms with E-state index >= 15 is 0 Å². The van der Waals surface area contributed by atoms with E-state index in [-0.39, 0.29) is 0 Å². The molecule has 2 heterocycles. The molecule has 1 aliphatic rings. The molecule has 0 fully saturated rings. The molecule has 2 nitrogen and oxygen atoms in total. The second-order valence-electron chi connectivity index (χ2n) is 14.9. The van der Waals surface area contributed by atoms with Gasteiger partial charge in [-0.2, -0.15) is 0 Å². The Labute approximate surface area is 332 Å². The summed E-state index contributed by atoms with van der Waals surface area (Å²) in [6.07, 6.45) is 1.82. The zero-order valence-corrected chi connectivity index (χ0v) is 31.2. The maximum atomic E-state index is 4.96. The van der Waals surface area contributed by atoms with Crippen LogP contribution in [-0.2, 0) is 5.41 Å². The van der Waals surface area contributed by atoms with Crippen molar-refractivity contribution in [3.63, 3.8) is 0 Å². The van der Waals surface area contributed by atoms with E-state index in [9.17, 15) is 0 Å². The van der Waals surface area contributed by atoms with Gasteiger partial charge < -0.3 is 0 Å². The van der Waals surface area contributed by atoms with Crippen LogP contribution in [0.3, 0.4) is 0 Å². The number of hydrogen-bond acceptors (Lipinski definition) is 2. The lowest BCUT2D eigenvalue weighted by Crippen LogP contribution is -2.28. The number of para-hydroxylation sites is 1. The number of pyridine rings is 2. The van der Waals surface area contributed by atoms with Crippen molar-refractivity contribution in [1.82, 2.24) is 9.97 Å². The molecule has 0 bridgehead atoms. The molecule has 1 aliphatic carbocycles. The zero-order valence-electron chi connectivity index (χ0n) is 31.2. The van der Waals surface area contributed by atoms with Crippen LogP contribution >= 0.6 is 0 Å². The summed E-state index contributed by atoms with van der Waals surface area (Å²) in [6.45, 7) is 0. The highest BCUT2D eigenvalue weighted by Gasteiger charge is 2.46. The van der Waals surface area contributed by atoms with E-state index < -0.39 is 5.41 Å². The van der Waals surface area contributed by atoms with Gasteiger partial charge in [-0.15, -0.1) is 0 Å². The number of fused-ring (bicyclic) bond motifs is 5. The summed E-state index contributed by atoms with van der Waals surface area (Å²) in [6, 6.07) is 77.1. The van der Waals surface area contributed by atoms with Crippen molar-refractivity contribution in [2.24, 2.45) is 0 Å². The first kappa shape index (κ1) is 33.0. The molecule has 2 heteroatoms. The Kier molecular flexibility index (Phi) is 7.75. The molecule has 0 unspecified atom stereocenters. The predicted molar refractivity (Wildman–Crippen MR) is 236 cm³/mol. The summed E-state index contributed by atoms with van der Waals surface area (Å²) >= 11 is 0. The average Bonchev–Trinajstić information content (AvgIpc) is 3.60. The van der Waals surface area contributed by atoms with E-state index in [1.165, 1.54) is 66.4 Å². The Bertz CT molecular complexity index is 3060. The van der Waals surface area contributed by atoms with Gasteiger partial charge in [-0.05, 0) is 114 Å². The molecule has 2 aromatic heterocycles. The standard InChI is InChI=1S/C55H36N2/c1-3-14-43(15-4-1)55(44-16-5-2-6-17-44)49-21-9-7-19-47(49)54-45(20-13-22-50(54)55)41-32-28-38-27-31-40(34-42(38)35-41)37-25-29-39(30-26-37)48-36-53(52-24-11-12-33-56-52)57-51-23-10-8-18-46(48)51/h1-36H. The Morgan fingerprint density at radius 3 is 1.74 bits per heavy atom. The number of nitrogens with zero attached hydrogens (tertiary/aromatic N) is 2. The molecule has 0 saturated carbocycles. The molecule has 0 amide bonds. The minimum absolute atomic E-state index is 0.427. The second-order valence-corrected chi connectivity index (χ2v) is 14.9. The average molecular weight is 725 g/mol. The summed E-state index contributed by atoms with van der Waals surface area (Å²) in [5, 5.41) is 3.57. The quantitative estimate of drug-likeness (QED) is 0.171. The second kappa shape index (κ2) is 13.4. The van der Waals surface area contributed by atoms with Crippen molar-refractivity contribution >= 4 is 21.7 Å². The van der Waals surface area contributed by atoms with E-state index in [0.717, 1.165) is 33.4 Å². The fourth-order valence-electron chi connectivity index (χ4n) is 9.23. The molecular formula is C55H36N2. The van der Waals surface area contributed by atoms with Gasteiger partial charge >= 0.3 is 0 Å². The van der Waals surface area contributed by atoms with Crippen LogP contribution in [0.15, 0.2) is 219 Å². The van der Waals surface area contributed by atoms with Crippen molar-refractivity contribution in [3.05, 3.63) is 241 Å². The van der Waals surface area contributed by atoms with Crippen molar-refractivity contribution < 1.29 is 0 Å². The summed E-state index contributed by atoms with van der Waals surface area (Å²) in [4.78, 5) is 9.55. The number of hydrogen-bond donors (Lipinski definition) is 0. The summed E-state index contributed by atoms with van der Waals surface area (Å²) in [5.41, 5.74) is 17.2. The first-order valence-electron chi connectivity index (χ1n) is 19.6. The van der Waals surface area contributed by atoms with Crippen molar-refractivity contribution in [3.8, 4) is 55.9 Å². The normalized spacial score (nSPS) is 12.7. The molecule has 0 spiro atoms. The first-order chi connectivity index (χ1) is 28.3. The number of rotatable bonds is 6. The third kappa shape index (κ3) is 5.33. The SMILES string of the molecule is c1ccc(C2(c3ccccc3)c3ccccc3-c3c(-c4ccc5ccc(-c6ccc(-c7cc(-c8ccccn8)nc8ccccc78)cc6)cc5c4)cccc32)cc1. The van der Waals surface area contributed by atoms with Gasteiger partial charge in [0.25, 0.3) is 0 Å². The summed E-state index contributed by atoms with van der Waals surface area (Å²) < 4.78 is 0. The largest absolute Gasteiger partial charge is 0.255 e. The molecular weight excluding hydrogens is 689 g/mol. The first-order valence-corrected chi connectivity index (χ1v) is 19.6. The van der Waals surface area contributed by atoms with E-state index in [1.807, 2.05) is 30.5 Å². The Balaban J connectivity index is 1.01. The topological polar surface area (TPSA) is 25.8 Å². The van der Waals surface area contributed by atoms with Crippen LogP contribution in [0.4, 0.5) is 0 Å². The lowest BCUT2D eigenvalue weighted by atomic mass is 9.67. The molecule has 0 atom stereocenters. The zero-order chi connectivity index (χ0) is 37.8. The van der Waals surface area contributed by atoms with Crippen molar-refractivity contribution in [1.29, 1.82) is 0 Å². The van der Waals surface area contributed by atoms with E-state index in [0.29, 0.717) is 0 Å². The highest BCUT2D eigenvalue weighted by Crippen LogP contribution is 2.58. The smallest absolute Gasteiger partial charge is 0.0900 e. The third-order valence-corrected chi connectivity index (χ3v) is 11.8. The van der Waals surface area contributed by atoms with Gasteiger partial charge in [0.1, 0.15) is 0 Å². The minimum Gasteiger partial charge on any atom is -0.255 e. The summed E-state index contributed by atoms with van der Waals surface area (Å²) in [7, 11) is 0. The maximum absolute atomic E-state index is 4.96. The van der Waals surface area contributed by atoms with Gasteiger partial charge in [0.05, 0.1) is 22.3 Å². The lowest BCUT2D eigenvalue weighted by molar-refractivity contribution is 0.768. The Morgan fingerprint density at radius 1 is 0.351 bits per heavy atom. The fraction of sp³-hybridized carbons (Fsp3) is 0.0182. The van der Waals surface area contributed by atoms with E-state index in [2.05, 4.69) is 193 Å². The molecule has 8 aromatic carbocycles. The van der Waals surface area contributed by atoms with Crippen LogP contribution in [0.2, 0.25) is 0 Å². The van der Waals surface area contributed by atoms with Gasteiger partial charge in [0.2, 0.25) is 0 Å². The highest BCUT2D eigenvalue weighted by molar-refractivity contribution is 5.99. The van der Waals surface area contributed by atoms with Gasteiger partial charge in [-0.3, -0.25) is 4.98 Å². The Morgan fingerprint density at radius 2 is 0.965 bits per heavy atom. The number of aromatic nitrogens is 2. The number of benzene rings is 8. The summed E-state index contributed by atoms with van der Waals surface area (Å²) in [5.74, 6) is 0. The van der Waals surface area contributed by atoms with E-state index in [4.69, 9.17) is 4.98 Å². The van der Waals surface area contributed by atoms with Gasteiger partial charge in [0.15, 0.2) is 0 Å². The lowest BCUT2D eigenvalue weighted by Gasteiger charge is -2.34. The van der Waals surface area contributed by atoms with Crippen LogP contribution in [0.25, 0.3) is 77.6 Å². The molecule has 11 rings (SSSR count). The Hall–Kier alpha value is -7.42. The molecule has 0 N–H and O–H groups in total. The van der Waals surface area contributed by atoms with Crippen LogP contribution in [0.5, 0.6) is 0 Å². The third-order valence-electron chi connectivity index (χ3n) is 11.8. The van der Waals surface area contributed by atoms with Crippen molar-refractivity contribution in [2.75, 3.05) is 0 Å². The van der Waals surface area contributed by atoms with E-state index in [1.54, 1.807) is 0 Å². The highest BCUT2D eigenvalue weighted by atomic mass is 14.8. The van der Waals surface area contributed by atoms with Crippen LogP contribution in [0.1, 0.15) is 22.3 Å². The molecule has 0 saturated heterocycles. The van der Waals surface area contributed by atoms with Crippen LogP contribution in [0, 0.1) is 0 Å². The fourth-order valence-corrected chi connectivity index (χ4v) is 9.23. The molecule has 57 heavy (non-hydrogen) atoms. The maximum Gasteiger partial charge on any atom is 0.0900 e. The van der Waals surface area contributed by atoms with Crippen molar-refractivity contribution in [2.45, 2.75) is 5.41 Å². The van der Waals surface area contributed by atoms with Crippen LogP contribution < -0.4 is 0 Å².